The third-order valence-corrected chi connectivity index (χ3v) is 2.11. The van der Waals surface area contributed by atoms with Gasteiger partial charge in [-0.3, -0.25) is 14.9 Å². The Labute approximate surface area is 98.3 Å². The van der Waals surface area contributed by atoms with Gasteiger partial charge in [0.25, 0.3) is 0 Å². The Balaban J connectivity index is 2.86. The highest BCUT2D eigenvalue weighted by Crippen LogP contribution is 2.21. The zero-order valence-electron chi connectivity index (χ0n) is 9.58. The van der Waals surface area contributed by atoms with E-state index in [0.29, 0.717) is 11.3 Å². The van der Waals surface area contributed by atoms with Crippen molar-refractivity contribution in [3.05, 3.63) is 39.9 Å². The Morgan fingerprint density at radius 3 is 2.41 bits per heavy atom. The van der Waals surface area contributed by atoms with E-state index in [1.54, 1.807) is 24.3 Å². The summed E-state index contributed by atoms with van der Waals surface area (Å²) in [6, 6.07) is 6.59. The van der Waals surface area contributed by atoms with E-state index in [0.717, 1.165) is 0 Å². The van der Waals surface area contributed by atoms with Crippen LogP contribution in [0, 0.1) is 10.1 Å². The van der Waals surface area contributed by atoms with E-state index < -0.39 is 23.5 Å². The van der Waals surface area contributed by atoms with Gasteiger partial charge in [0, 0.05) is 11.8 Å². The lowest BCUT2D eigenvalue weighted by Gasteiger charge is -2.13. The van der Waals surface area contributed by atoms with E-state index in [9.17, 15) is 14.9 Å². The van der Waals surface area contributed by atoms with Crippen LogP contribution in [0.5, 0.6) is 5.75 Å². The summed E-state index contributed by atoms with van der Waals surface area (Å²) in [5, 5.41) is 10.5. The summed E-state index contributed by atoms with van der Waals surface area (Å²) >= 11 is 0. The average Bonchev–Trinajstić information content (AvgIpc) is 2.27. The molecule has 0 spiro atoms. The van der Waals surface area contributed by atoms with Gasteiger partial charge in [-0.1, -0.05) is 12.1 Å². The fourth-order valence-corrected chi connectivity index (χ4v) is 1.37. The zero-order chi connectivity index (χ0) is 12.8. The quantitative estimate of drug-likeness (QED) is 0.442. The smallest absolute Gasteiger partial charge is 0.303 e. The molecular weight excluding hydrogens is 226 g/mol. The van der Waals surface area contributed by atoms with E-state index in [4.69, 9.17) is 9.47 Å². The van der Waals surface area contributed by atoms with Crippen molar-refractivity contribution in [2.45, 2.75) is 13.0 Å². The van der Waals surface area contributed by atoms with Crippen molar-refractivity contribution in [1.82, 2.24) is 0 Å². The second-order valence-corrected chi connectivity index (χ2v) is 3.39. The molecule has 0 aliphatic rings. The summed E-state index contributed by atoms with van der Waals surface area (Å²) in [5.74, 6) is 0.0871. The number of hydrogen-bond acceptors (Lipinski definition) is 5. The maximum atomic E-state index is 10.9. The summed E-state index contributed by atoms with van der Waals surface area (Å²) in [7, 11) is 1.52. The number of carbonyl (C=O) groups excluding carboxylic acids is 1. The normalized spacial score (nSPS) is 11.6. The number of rotatable bonds is 5. The van der Waals surface area contributed by atoms with Crippen LogP contribution in [0.1, 0.15) is 18.6 Å². The first-order chi connectivity index (χ1) is 8.02. The van der Waals surface area contributed by atoms with Crippen molar-refractivity contribution >= 4 is 5.97 Å². The van der Waals surface area contributed by atoms with Gasteiger partial charge in [-0.25, -0.2) is 0 Å². The molecular formula is C11H13NO5. The predicted molar refractivity (Wildman–Crippen MR) is 59.4 cm³/mol. The van der Waals surface area contributed by atoms with Gasteiger partial charge in [-0.15, -0.1) is 0 Å². The first-order valence-corrected chi connectivity index (χ1v) is 4.96. The molecule has 0 radical (unpaired) electrons. The average molecular weight is 239 g/mol. The van der Waals surface area contributed by atoms with Crippen LogP contribution in [0.3, 0.4) is 0 Å². The van der Waals surface area contributed by atoms with Crippen LogP contribution >= 0.6 is 0 Å². The summed E-state index contributed by atoms with van der Waals surface area (Å²) in [6.07, 6.45) is -0.867. The third kappa shape index (κ3) is 4.10. The van der Waals surface area contributed by atoms with Gasteiger partial charge >= 0.3 is 5.97 Å². The standard InChI is InChI=1S/C11H13NO5/c1-8(13)17-11(7-12(14)15)9-3-5-10(16-2)6-4-9/h3-6,11H,7H2,1-2H3/t11-/m0/s1. The van der Waals surface area contributed by atoms with E-state index in [1.807, 2.05) is 0 Å². The third-order valence-electron chi connectivity index (χ3n) is 2.11. The van der Waals surface area contributed by atoms with Gasteiger partial charge in [0.2, 0.25) is 6.54 Å². The lowest BCUT2D eigenvalue weighted by Crippen LogP contribution is -2.17. The largest absolute Gasteiger partial charge is 0.497 e. The van der Waals surface area contributed by atoms with Crippen LogP contribution < -0.4 is 4.74 Å². The number of benzene rings is 1. The van der Waals surface area contributed by atoms with Gasteiger partial charge < -0.3 is 9.47 Å². The van der Waals surface area contributed by atoms with Crippen LogP contribution in [0.4, 0.5) is 0 Å². The minimum atomic E-state index is -0.867. The molecule has 17 heavy (non-hydrogen) atoms. The number of methoxy groups -OCH3 is 1. The zero-order valence-corrected chi connectivity index (χ0v) is 9.58. The molecule has 1 rings (SSSR count). The topological polar surface area (TPSA) is 78.7 Å². The first-order valence-electron chi connectivity index (χ1n) is 4.96. The summed E-state index contributed by atoms with van der Waals surface area (Å²) in [4.78, 5) is 20.8. The molecule has 0 saturated heterocycles. The van der Waals surface area contributed by atoms with Gasteiger partial charge in [0.1, 0.15) is 5.75 Å². The Morgan fingerprint density at radius 2 is 2.00 bits per heavy atom. The van der Waals surface area contributed by atoms with Crippen molar-refractivity contribution in [3.8, 4) is 5.75 Å². The van der Waals surface area contributed by atoms with Crippen molar-refractivity contribution in [1.29, 1.82) is 0 Å². The van der Waals surface area contributed by atoms with E-state index in [-0.39, 0.29) is 0 Å². The molecule has 0 amide bonds. The Hall–Kier alpha value is -2.11. The van der Waals surface area contributed by atoms with Crippen LogP contribution in [-0.2, 0) is 9.53 Å². The number of nitro groups is 1. The second kappa shape index (κ2) is 5.83. The summed E-state index contributed by atoms with van der Waals surface area (Å²) < 4.78 is 9.87. The molecule has 0 heterocycles. The SMILES string of the molecule is COc1ccc([C@H](C[N+](=O)[O-])OC(C)=O)cc1. The first kappa shape index (κ1) is 13.0. The molecule has 0 aliphatic heterocycles. The maximum absolute atomic E-state index is 10.9. The number of esters is 1. The minimum Gasteiger partial charge on any atom is -0.497 e. The minimum absolute atomic E-state index is 0.452. The fourth-order valence-electron chi connectivity index (χ4n) is 1.37. The molecule has 6 nitrogen and oxygen atoms in total. The molecule has 1 atom stereocenters. The number of hydrogen-bond donors (Lipinski definition) is 0. The lowest BCUT2D eigenvalue weighted by molar-refractivity contribution is -0.491. The maximum Gasteiger partial charge on any atom is 0.303 e. The van der Waals surface area contributed by atoms with Crippen LogP contribution in [0.25, 0.3) is 0 Å². The summed E-state index contributed by atoms with van der Waals surface area (Å²) in [5.41, 5.74) is 0.567. The molecule has 0 aromatic heterocycles. The fraction of sp³-hybridized carbons (Fsp3) is 0.364. The van der Waals surface area contributed by atoms with Crippen molar-refractivity contribution in [2.24, 2.45) is 0 Å². The Bertz CT molecular complexity index is 385. The molecule has 1 aromatic rings. The van der Waals surface area contributed by atoms with Crippen molar-refractivity contribution in [2.75, 3.05) is 13.7 Å². The number of ether oxygens (including phenoxy) is 2. The molecule has 0 N–H and O–H groups in total. The molecule has 1 aromatic carbocycles. The molecule has 92 valence electrons. The molecule has 0 saturated carbocycles. The monoisotopic (exact) mass is 239 g/mol. The van der Waals surface area contributed by atoms with Gasteiger partial charge in [0.05, 0.1) is 7.11 Å². The highest BCUT2D eigenvalue weighted by Gasteiger charge is 2.20. The molecule has 0 fully saturated rings. The van der Waals surface area contributed by atoms with E-state index in [2.05, 4.69) is 0 Å². The van der Waals surface area contributed by atoms with Crippen molar-refractivity contribution in [3.63, 3.8) is 0 Å². The predicted octanol–water partition coefficient (Wildman–Crippen LogP) is 1.58. The lowest BCUT2D eigenvalue weighted by atomic mass is 10.1. The van der Waals surface area contributed by atoms with Crippen molar-refractivity contribution < 1.29 is 19.2 Å². The number of nitrogens with zero attached hydrogens (tertiary/aromatic N) is 1. The second-order valence-electron chi connectivity index (χ2n) is 3.39. The van der Waals surface area contributed by atoms with Crippen LogP contribution in [0.15, 0.2) is 24.3 Å². The highest BCUT2D eigenvalue weighted by atomic mass is 16.6. The van der Waals surface area contributed by atoms with Gasteiger partial charge in [0.15, 0.2) is 6.10 Å². The molecule has 6 heteroatoms. The van der Waals surface area contributed by atoms with E-state index >= 15 is 0 Å². The Kier molecular flexibility index (Phi) is 4.45. The molecule has 0 aliphatic carbocycles. The number of carbonyl (C=O) groups is 1. The van der Waals surface area contributed by atoms with E-state index in [1.165, 1.54) is 14.0 Å². The molecule has 0 bridgehead atoms. The highest BCUT2D eigenvalue weighted by molar-refractivity contribution is 5.66. The Morgan fingerprint density at radius 1 is 1.41 bits per heavy atom. The van der Waals surface area contributed by atoms with Gasteiger partial charge in [-0.2, -0.15) is 0 Å². The van der Waals surface area contributed by atoms with Crippen LogP contribution in [0.2, 0.25) is 0 Å². The van der Waals surface area contributed by atoms with Gasteiger partial charge in [-0.05, 0) is 17.7 Å². The molecule has 0 unspecified atom stereocenters. The summed E-state index contributed by atoms with van der Waals surface area (Å²) in [6.45, 7) is 0.766. The van der Waals surface area contributed by atoms with Crippen LogP contribution in [-0.4, -0.2) is 24.5 Å².